The topological polar surface area (TPSA) is 69.2 Å². The van der Waals surface area contributed by atoms with Crippen molar-refractivity contribution in [2.45, 2.75) is 18.5 Å². The summed E-state index contributed by atoms with van der Waals surface area (Å²) in [5.41, 5.74) is -2.70. The second-order valence-electron chi connectivity index (χ2n) is 5.12. The molecule has 142 valence electrons. The summed E-state index contributed by atoms with van der Waals surface area (Å²) in [5, 5.41) is 0. The molecule has 12 heteroatoms. The number of hydrogen-bond donors (Lipinski definition) is 0. The van der Waals surface area contributed by atoms with Crippen molar-refractivity contribution in [2.24, 2.45) is 0 Å². The van der Waals surface area contributed by atoms with E-state index in [4.69, 9.17) is 4.18 Å². The molecule has 2 rings (SSSR count). The van der Waals surface area contributed by atoms with Gasteiger partial charge in [0.05, 0.1) is 28.8 Å². The maximum Gasteiger partial charge on any atom is 0.417 e. The molecule has 0 aliphatic heterocycles. The Hall–Kier alpha value is -2.21. The molecule has 0 fully saturated rings. The van der Waals surface area contributed by atoms with E-state index >= 15 is 0 Å². The molecule has 0 bridgehead atoms. The van der Waals surface area contributed by atoms with Crippen LogP contribution in [0.15, 0.2) is 36.7 Å². The number of pyridine rings is 2. The third-order valence-electron chi connectivity index (χ3n) is 3.04. The van der Waals surface area contributed by atoms with Gasteiger partial charge in [-0.3, -0.25) is 14.2 Å². The standard InChI is InChI=1S/C14H10F6N2O3S/c1-26(23,24)25-12(10-4-2-8(6-21-10)13(15,16)17)11-5-3-9(7-22-11)14(18,19)20/h2-7,12H,1H3. The smallest absolute Gasteiger partial charge is 0.257 e. The van der Waals surface area contributed by atoms with Gasteiger partial charge < -0.3 is 0 Å². The van der Waals surface area contributed by atoms with Gasteiger partial charge in [-0.2, -0.15) is 34.8 Å². The second-order valence-corrected chi connectivity index (χ2v) is 6.72. The molecule has 0 amide bonds. The van der Waals surface area contributed by atoms with Gasteiger partial charge in [0.1, 0.15) is 0 Å². The zero-order valence-corrected chi connectivity index (χ0v) is 13.7. The lowest BCUT2D eigenvalue weighted by atomic mass is 10.1. The first-order valence-electron chi connectivity index (χ1n) is 6.72. The number of halogens is 6. The van der Waals surface area contributed by atoms with Gasteiger partial charge in [-0.1, -0.05) is 0 Å². The molecule has 0 aliphatic rings. The van der Waals surface area contributed by atoms with Crippen LogP contribution in [0.3, 0.4) is 0 Å². The molecule has 0 aliphatic carbocycles. The number of hydrogen-bond acceptors (Lipinski definition) is 5. The molecule has 0 saturated carbocycles. The molecule has 0 N–H and O–H groups in total. The second kappa shape index (κ2) is 6.83. The molecular weight excluding hydrogens is 390 g/mol. The van der Waals surface area contributed by atoms with Crippen LogP contribution in [-0.2, 0) is 26.7 Å². The summed E-state index contributed by atoms with van der Waals surface area (Å²) in [6.07, 6.45) is -9.34. The molecule has 2 heterocycles. The average molecular weight is 400 g/mol. The zero-order chi connectivity index (χ0) is 19.8. The van der Waals surface area contributed by atoms with Gasteiger partial charge in [-0.05, 0) is 24.3 Å². The maximum absolute atomic E-state index is 12.6. The maximum atomic E-state index is 12.6. The summed E-state index contributed by atoms with van der Waals surface area (Å²) in [6.45, 7) is 0. The molecular formula is C14H10F6N2O3S. The van der Waals surface area contributed by atoms with Gasteiger partial charge in [-0.25, -0.2) is 0 Å². The van der Waals surface area contributed by atoms with Crippen molar-refractivity contribution in [3.8, 4) is 0 Å². The molecule has 0 radical (unpaired) electrons. The van der Waals surface area contributed by atoms with E-state index in [0.29, 0.717) is 30.8 Å². The number of alkyl halides is 6. The van der Waals surface area contributed by atoms with Crippen molar-refractivity contribution in [2.75, 3.05) is 6.26 Å². The number of nitrogens with zero attached hydrogens (tertiary/aromatic N) is 2. The highest BCUT2D eigenvalue weighted by molar-refractivity contribution is 7.86. The normalized spacial score (nSPS) is 13.2. The minimum atomic E-state index is -4.66. The van der Waals surface area contributed by atoms with Crippen LogP contribution < -0.4 is 0 Å². The Bertz CT molecular complexity index is 804. The fourth-order valence-electron chi connectivity index (χ4n) is 1.88. The third kappa shape index (κ3) is 5.14. The predicted octanol–water partition coefficient (Wildman–Crippen LogP) is 3.58. The number of aromatic nitrogens is 2. The van der Waals surface area contributed by atoms with Crippen molar-refractivity contribution in [3.05, 3.63) is 59.2 Å². The first kappa shape index (κ1) is 20.1. The Kier molecular flexibility index (Phi) is 5.29. The van der Waals surface area contributed by atoms with Crippen LogP contribution >= 0.6 is 0 Å². The fraction of sp³-hybridized carbons (Fsp3) is 0.286. The SMILES string of the molecule is CS(=O)(=O)OC(c1ccc(C(F)(F)F)cn1)c1ccc(C(F)(F)F)cn1. The monoisotopic (exact) mass is 400 g/mol. The van der Waals surface area contributed by atoms with Crippen LogP contribution in [0.25, 0.3) is 0 Å². The first-order chi connectivity index (χ1) is 11.8. The van der Waals surface area contributed by atoms with E-state index in [1.54, 1.807) is 0 Å². The Balaban J connectivity index is 2.44. The van der Waals surface area contributed by atoms with E-state index in [2.05, 4.69) is 9.97 Å². The minimum absolute atomic E-state index is 0.268. The van der Waals surface area contributed by atoms with Gasteiger partial charge >= 0.3 is 12.4 Å². The predicted molar refractivity (Wildman–Crippen MR) is 76.2 cm³/mol. The van der Waals surface area contributed by atoms with Gasteiger partial charge in [0.25, 0.3) is 10.1 Å². The summed E-state index contributed by atoms with van der Waals surface area (Å²) in [6, 6.07) is 3.01. The zero-order valence-electron chi connectivity index (χ0n) is 12.8. The average Bonchev–Trinajstić information content (AvgIpc) is 2.50. The molecule has 0 unspecified atom stereocenters. The van der Waals surface area contributed by atoms with Crippen molar-refractivity contribution in [1.82, 2.24) is 9.97 Å². The summed E-state index contributed by atoms with van der Waals surface area (Å²) in [4.78, 5) is 7.01. The molecule has 0 saturated heterocycles. The Morgan fingerprint density at radius 1 is 0.846 bits per heavy atom. The Morgan fingerprint density at radius 2 is 1.23 bits per heavy atom. The molecule has 0 spiro atoms. The van der Waals surface area contributed by atoms with Gasteiger partial charge in [0.15, 0.2) is 6.10 Å². The van der Waals surface area contributed by atoms with Crippen LogP contribution in [0.1, 0.15) is 28.6 Å². The van der Waals surface area contributed by atoms with Crippen LogP contribution in [-0.4, -0.2) is 24.6 Å². The van der Waals surface area contributed by atoms with E-state index in [1.807, 2.05) is 0 Å². The quantitative estimate of drug-likeness (QED) is 0.580. The van der Waals surface area contributed by atoms with Gasteiger partial charge in [0, 0.05) is 12.4 Å². The fourth-order valence-corrected chi connectivity index (χ4v) is 2.43. The van der Waals surface area contributed by atoms with Crippen molar-refractivity contribution >= 4 is 10.1 Å². The summed E-state index contributed by atoms with van der Waals surface area (Å²) in [5.74, 6) is 0. The highest BCUT2D eigenvalue weighted by atomic mass is 32.2. The summed E-state index contributed by atoms with van der Waals surface area (Å²) < 4.78 is 103. The summed E-state index contributed by atoms with van der Waals surface area (Å²) >= 11 is 0. The number of rotatable bonds is 4. The van der Waals surface area contributed by atoms with Gasteiger partial charge in [0.2, 0.25) is 0 Å². The molecule has 26 heavy (non-hydrogen) atoms. The molecule has 2 aromatic heterocycles. The van der Waals surface area contributed by atoms with Crippen LogP contribution in [0.4, 0.5) is 26.3 Å². The van der Waals surface area contributed by atoms with Crippen LogP contribution in [0.2, 0.25) is 0 Å². The Morgan fingerprint density at radius 3 is 1.46 bits per heavy atom. The lowest BCUT2D eigenvalue weighted by Crippen LogP contribution is -2.16. The van der Waals surface area contributed by atoms with E-state index in [0.717, 1.165) is 12.1 Å². The molecule has 2 aromatic rings. The minimum Gasteiger partial charge on any atom is -0.257 e. The van der Waals surface area contributed by atoms with Crippen LogP contribution in [0.5, 0.6) is 0 Å². The van der Waals surface area contributed by atoms with Gasteiger partial charge in [-0.15, -0.1) is 0 Å². The van der Waals surface area contributed by atoms with Crippen molar-refractivity contribution in [1.29, 1.82) is 0 Å². The molecule has 0 atom stereocenters. The van der Waals surface area contributed by atoms with Crippen molar-refractivity contribution < 1.29 is 38.9 Å². The molecule has 0 aromatic carbocycles. The largest absolute Gasteiger partial charge is 0.417 e. The van der Waals surface area contributed by atoms with E-state index in [9.17, 15) is 34.8 Å². The molecule has 5 nitrogen and oxygen atoms in total. The lowest BCUT2D eigenvalue weighted by Gasteiger charge is -2.17. The summed E-state index contributed by atoms with van der Waals surface area (Å²) in [7, 11) is -4.12. The highest BCUT2D eigenvalue weighted by Gasteiger charge is 2.33. The van der Waals surface area contributed by atoms with E-state index in [-0.39, 0.29) is 11.4 Å². The van der Waals surface area contributed by atoms with Crippen molar-refractivity contribution in [3.63, 3.8) is 0 Å². The van der Waals surface area contributed by atoms with E-state index < -0.39 is 39.7 Å². The van der Waals surface area contributed by atoms with E-state index in [1.165, 1.54) is 0 Å². The first-order valence-corrected chi connectivity index (χ1v) is 8.53. The highest BCUT2D eigenvalue weighted by Crippen LogP contribution is 2.32. The Labute approximate surface area is 143 Å². The van der Waals surface area contributed by atoms with Crippen LogP contribution in [0, 0.1) is 0 Å². The third-order valence-corrected chi connectivity index (χ3v) is 3.58. The lowest BCUT2D eigenvalue weighted by molar-refractivity contribution is -0.138.